The highest BCUT2D eigenvalue weighted by molar-refractivity contribution is 4.96. The van der Waals surface area contributed by atoms with Gasteiger partial charge in [0.25, 0.3) is 0 Å². The molecule has 0 saturated carbocycles. The molecule has 1 radical (unpaired) electrons. The molecule has 1 unspecified atom stereocenters. The van der Waals surface area contributed by atoms with Crippen LogP contribution in [-0.4, -0.2) is 6.10 Å². The average molecular weight is 127 g/mol. The van der Waals surface area contributed by atoms with Crippen molar-refractivity contribution in [1.82, 2.24) is 0 Å². The van der Waals surface area contributed by atoms with E-state index in [0.717, 1.165) is 12.0 Å². The topological polar surface area (TPSA) is 19.9 Å². The van der Waals surface area contributed by atoms with Crippen LogP contribution in [0, 0.1) is 5.92 Å². The van der Waals surface area contributed by atoms with E-state index < -0.39 is 6.10 Å². The third-order valence-corrected chi connectivity index (χ3v) is 1.24. The average Bonchev–Trinajstić information content (AvgIpc) is 1.63. The van der Waals surface area contributed by atoms with Crippen LogP contribution in [0.2, 0.25) is 0 Å². The molecule has 53 valence electrons. The van der Waals surface area contributed by atoms with Gasteiger partial charge in [0.15, 0.2) is 0 Å². The first-order valence-corrected chi connectivity index (χ1v) is 3.35. The Hall–Kier alpha value is -0.300. The standard InChI is InChI=1S/C8H15O/c1-6(2)5-8(9)7(3)4/h6,8H,3,5H2,1-2,4H3. The number of rotatable bonds is 3. The maximum atomic E-state index is 10.9. The predicted molar refractivity (Wildman–Crippen MR) is 38.7 cm³/mol. The van der Waals surface area contributed by atoms with Gasteiger partial charge in [0, 0.05) is 0 Å². The van der Waals surface area contributed by atoms with E-state index in [9.17, 15) is 5.11 Å². The summed E-state index contributed by atoms with van der Waals surface area (Å²) in [5.74, 6) is 0.490. The van der Waals surface area contributed by atoms with Crippen LogP contribution in [0.15, 0.2) is 12.2 Å². The normalized spacial score (nSPS) is 13.9. The third-order valence-electron chi connectivity index (χ3n) is 1.24. The van der Waals surface area contributed by atoms with Crippen LogP contribution < -0.4 is 0 Å². The van der Waals surface area contributed by atoms with Crippen molar-refractivity contribution in [2.75, 3.05) is 0 Å². The molecular weight excluding hydrogens is 112 g/mol. The zero-order chi connectivity index (χ0) is 7.44. The summed E-state index contributed by atoms with van der Waals surface area (Å²) in [5, 5.41) is 10.9. The quantitative estimate of drug-likeness (QED) is 0.519. The highest BCUT2D eigenvalue weighted by Crippen LogP contribution is 2.10. The molecule has 0 aliphatic carbocycles. The van der Waals surface area contributed by atoms with Crippen molar-refractivity contribution >= 4 is 0 Å². The van der Waals surface area contributed by atoms with E-state index in [1.54, 1.807) is 6.92 Å². The van der Waals surface area contributed by atoms with Crippen molar-refractivity contribution in [2.24, 2.45) is 5.92 Å². The van der Waals surface area contributed by atoms with Crippen molar-refractivity contribution in [3.63, 3.8) is 0 Å². The van der Waals surface area contributed by atoms with Gasteiger partial charge >= 0.3 is 0 Å². The molecule has 0 heterocycles. The number of hydrogen-bond acceptors (Lipinski definition) is 0. The van der Waals surface area contributed by atoms with Gasteiger partial charge in [-0.1, -0.05) is 20.4 Å². The van der Waals surface area contributed by atoms with Crippen LogP contribution >= 0.6 is 0 Å². The Labute approximate surface area is 57.4 Å². The Bertz CT molecular complexity index is 94.7. The van der Waals surface area contributed by atoms with E-state index in [4.69, 9.17) is 0 Å². The summed E-state index contributed by atoms with van der Waals surface area (Å²) in [6.07, 6.45) is 0.167. The summed E-state index contributed by atoms with van der Waals surface area (Å²) in [6, 6.07) is 0. The molecule has 1 atom stereocenters. The SMILES string of the molecule is C=C(C)C([O])CC(C)C. The smallest absolute Gasteiger partial charge is 0.114 e. The minimum absolute atomic E-state index is 0.490. The Morgan fingerprint density at radius 2 is 2.00 bits per heavy atom. The van der Waals surface area contributed by atoms with Gasteiger partial charge in [0.05, 0.1) is 0 Å². The molecule has 0 aliphatic heterocycles. The van der Waals surface area contributed by atoms with Crippen LogP contribution in [0.3, 0.4) is 0 Å². The van der Waals surface area contributed by atoms with Crippen molar-refractivity contribution in [3.8, 4) is 0 Å². The van der Waals surface area contributed by atoms with E-state index in [1.807, 2.05) is 13.8 Å². The molecule has 0 aromatic heterocycles. The highest BCUT2D eigenvalue weighted by Gasteiger charge is 2.07. The fraction of sp³-hybridized carbons (Fsp3) is 0.750. The predicted octanol–water partition coefficient (Wildman–Crippen LogP) is 2.41. The summed E-state index contributed by atoms with van der Waals surface area (Å²) < 4.78 is 0. The summed E-state index contributed by atoms with van der Waals surface area (Å²) >= 11 is 0. The summed E-state index contributed by atoms with van der Waals surface area (Å²) in [5.41, 5.74) is 0.753. The second-order valence-corrected chi connectivity index (χ2v) is 2.96. The minimum Gasteiger partial charge on any atom is -0.228 e. The van der Waals surface area contributed by atoms with Crippen LogP contribution in [0.25, 0.3) is 0 Å². The zero-order valence-electron chi connectivity index (χ0n) is 6.48. The monoisotopic (exact) mass is 127 g/mol. The van der Waals surface area contributed by atoms with Gasteiger partial charge in [-0.3, -0.25) is 0 Å². The largest absolute Gasteiger partial charge is 0.228 e. The maximum Gasteiger partial charge on any atom is 0.114 e. The van der Waals surface area contributed by atoms with E-state index >= 15 is 0 Å². The highest BCUT2D eigenvalue weighted by atomic mass is 16.3. The van der Waals surface area contributed by atoms with Gasteiger partial charge in [0.2, 0.25) is 0 Å². The molecule has 9 heavy (non-hydrogen) atoms. The third kappa shape index (κ3) is 4.22. The van der Waals surface area contributed by atoms with Crippen molar-refractivity contribution in [1.29, 1.82) is 0 Å². The maximum absolute atomic E-state index is 10.9. The number of hydrogen-bond donors (Lipinski definition) is 0. The molecular formula is C8H15O. The van der Waals surface area contributed by atoms with E-state index in [0.29, 0.717) is 5.92 Å². The van der Waals surface area contributed by atoms with Gasteiger partial charge in [-0.25, -0.2) is 5.11 Å². The molecule has 0 rings (SSSR count). The molecule has 0 saturated heterocycles. The van der Waals surface area contributed by atoms with E-state index in [2.05, 4.69) is 6.58 Å². The van der Waals surface area contributed by atoms with E-state index in [-0.39, 0.29) is 0 Å². The Kier molecular flexibility index (Phi) is 3.55. The molecule has 0 N–H and O–H groups in total. The molecule has 0 fully saturated rings. The molecule has 0 spiro atoms. The summed E-state index contributed by atoms with van der Waals surface area (Å²) in [7, 11) is 0. The van der Waals surface area contributed by atoms with Crippen LogP contribution in [0.5, 0.6) is 0 Å². The van der Waals surface area contributed by atoms with Crippen molar-refractivity contribution < 1.29 is 5.11 Å². The zero-order valence-corrected chi connectivity index (χ0v) is 6.48. The van der Waals surface area contributed by atoms with Gasteiger partial charge in [0.1, 0.15) is 6.10 Å². The lowest BCUT2D eigenvalue weighted by atomic mass is 10.0. The lowest BCUT2D eigenvalue weighted by Crippen LogP contribution is -2.08. The fourth-order valence-corrected chi connectivity index (χ4v) is 0.629. The van der Waals surface area contributed by atoms with Crippen LogP contribution in [-0.2, 0) is 5.11 Å². The van der Waals surface area contributed by atoms with Crippen molar-refractivity contribution in [2.45, 2.75) is 33.3 Å². The van der Waals surface area contributed by atoms with Crippen molar-refractivity contribution in [3.05, 3.63) is 12.2 Å². The van der Waals surface area contributed by atoms with Gasteiger partial charge in [-0.15, -0.1) is 0 Å². The molecule has 0 aromatic rings. The Morgan fingerprint density at radius 1 is 1.56 bits per heavy atom. The van der Waals surface area contributed by atoms with Gasteiger partial charge in [-0.05, 0) is 24.8 Å². The first-order chi connectivity index (χ1) is 4.04. The Morgan fingerprint density at radius 3 is 2.11 bits per heavy atom. The minimum atomic E-state index is -0.551. The lowest BCUT2D eigenvalue weighted by molar-refractivity contribution is 0.101. The molecule has 0 aromatic carbocycles. The second kappa shape index (κ2) is 3.67. The van der Waals surface area contributed by atoms with Gasteiger partial charge in [-0.2, -0.15) is 0 Å². The second-order valence-electron chi connectivity index (χ2n) is 2.96. The first-order valence-electron chi connectivity index (χ1n) is 3.35. The summed E-state index contributed by atoms with van der Waals surface area (Å²) in [4.78, 5) is 0. The first kappa shape index (κ1) is 8.70. The summed E-state index contributed by atoms with van der Waals surface area (Å²) in [6.45, 7) is 9.49. The van der Waals surface area contributed by atoms with E-state index in [1.165, 1.54) is 0 Å². The molecule has 1 nitrogen and oxygen atoms in total. The molecule has 0 aliphatic rings. The van der Waals surface area contributed by atoms with Gasteiger partial charge < -0.3 is 0 Å². The molecule has 0 amide bonds. The lowest BCUT2D eigenvalue weighted by Gasteiger charge is -2.09. The molecule has 1 heteroatoms. The Balaban J connectivity index is 3.50. The van der Waals surface area contributed by atoms with Crippen LogP contribution in [0.1, 0.15) is 27.2 Å². The fourth-order valence-electron chi connectivity index (χ4n) is 0.629. The van der Waals surface area contributed by atoms with Crippen LogP contribution in [0.4, 0.5) is 0 Å². The molecule has 0 bridgehead atoms.